The molecule has 5 nitrogen and oxygen atoms in total. The number of hydrogen-bond donors (Lipinski definition) is 1. The van der Waals surface area contributed by atoms with Crippen molar-refractivity contribution in [3.63, 3.8) is 0 Å². The van der Waals surface area contributed by atoms with Crippen LogP contribution in [0.4, 0.5) is 10.5 Å². The molecule has 86 valence electrons. The van der Waals surface area contributed by atoms with Gasteiger partial charge in [0.1, 0.15) is 11.5 Å². The number of hydrogen-bond acceptors (Lipinski definition) is 3. The molecule has 2 amide bonds. The summed E-state index contributed by atoms with van der Waals surface area (Å²) in [6.45, 7) is 1.32. The first kappa shape index (κ1) is 10.6. The zero-order valence-electron chi connectivity index (χ0n) is 9.32. The second-order valence-electron chi connectivity index (χ2n) is 3.42. The van der Waals surface area contributed by atoms with Crippen molar-refractivity contribution in [2.75, 3.05) is 32.2 Å². The molecule has 16 heavy (non-hydrogen) atoms. The molecule has 0 aromatic heterocycles. The molecule has 1 aliphatic rings. The number of urea groups is 1. The number of carbonyl (C=O) groups excluding carboxylic acids is 1. The van der Waals surface area contributed by atoms with Gasteiger partial charge in [0.25, 0.3) is 0 Å². The Morgan fingerprint density at radius 3 is 2.69 bits per heavy atom. The second kappa shape index (κ2) is 4.30. The molecule has 0 saturated carbocycles. The van der Waals surface area contributed by atoms with Crippen LogP contribution in [0.5, 0.6) is 11.5 Å². The molecular formula is C11H14N2O3. The van der Waals surface area contributed by atoms with E-state index in [-0.39, 0.29) is 6.03 Å². The van der Waals surface area contributed by atoms with E-state index in [0.29, 0.717) is 24.6 Å². The van der Waals surface area contributed by atoms with Crippen LogP contribution in [0.1, 0.15) is 0 Å². The summed E-state index contributed by atoms with van der Waals surface area (Å²) in [6, 6.07) is 5.30. The number of benzene rings is 1. The van der Waals surface area contributed by atoms with Crippen LogP contribution in [0, 0.1) is 0 Å². The number of anilines is 1. The van der Waals surface area contributed by atoms with Crippen LogP contribution in [0.3, 0.4) is 0 Å². The minimum atomic E-state index is -0.0940. The third kappa shape index (κ3) is 1.76. The van der Waals surface area contributed by atoms with E-state index in [4.69, 9.17) is 9.47 Å². The molecule has 0 atom stereocenters. The average molecular weight is 222 g/mol. The van der Waals surface area contributed by atoms with Gasteiger partial charge in [-0.05, 0) is 12.1 Å². The molecular weight excluding hydrogens is 208 g/mol. The molecule has 0 radical (unpaired) electrons. The number of nitrogens with one attached hydrogen (secondary N) is 1. The Bertz CT molecular complexity index is 406. The lowest BCUT2D eigenvalue weighted by Gasteiger charge is -2.18. The van der Waals surface area contributed by atoms with E-state index in [1.165, 1.54) is 0 Å². The Labute approximate surface area is 93.9 Å². The number of rotatable bonds is 3. The van der Waals surface area contributed by atoms with Crippen molar-refractivity contribution in [3.8, 4) is 11.5 Å². The van der Waals surface area contributed by atoms with E-state index in [1.54, 1.807) is 25.2 Å². The molecule has 1 saturated heterocycles. The van der Waals surface area contributed by atoms with E-state index in [2.05, 4.69) is 5.32 Å². The fourth-order valence-electron chi connectivity index (χ4n) is 1.71. The van der Waals surface area contributed by atoms with Crippen molar-refractivity contribution in [2.45, 2.75) is 0 Å². The molecule has 2 rings (SSSR count). The summed E-state index contributed by atoms with van der Waals surface area (Å²) >= 11 is 0. The highest BCUT2D eigenvalue weighted by molar-refractivity contribution is 5.95. The summed E-state index contributed by atoms with van der Waals surface area (Å²) < 4.78 is 10.3. The fourth-order valence-corrected chi connectivity index (χ4v) is 1.71. The fraction of sp³-hybridized carbons (Fsp3) is 0.364. The maximum atomic E-state index is 11.5. The van der Waals surface area contributed by atoms with Crippen molar-refractivity contribution < 1.29 is 14.3 Å². The van der Waals surface area contributed by atoms with Crippen LogP contribution in [-0.2, 0) is 0 Å². The average Bonchev–Trinajstić information content (AvgIpc) is 2.74. The Balaban J connectivity index is 2.36. The van der Waals surface area contributed by atoms with Crippen LogP contribution in [0.25, 0.3) is 0 Å². The SMILES string of the molecule is COc1ccc(N2CCNC2=O)c(OC)c1. The highest BCUT2D eigenvalue weighted by Gasteiger charge is 2.24. The van der Waals surface area contributed by atoms with Crippen molar-refractivity contribution in [2.24, 2.45) is 0 Å². The summed E-state index contributed by atoms with van der Waals surface area (Å²) in [7, 11) is 3.17. The molecule has 0 aliphatic carbocycles. The zero-order chi connectivity index (χ0) is 11.5. The molecule has 0 bridgehead atoms. The van der Waals surface area contributed by atoms with E-state index >= 15 is 0 Å². The highest BCUT2D eigenvalue weighted by atomic mass is 16.5. The third-order valence-electron chi connectivity index (χ3n) is 2.53. The minimum Gasteiger partial charge on any atom is -0.497 e. The third-order valence-corrected chi connectivity index (χ3v) is 2.53. The number of carbonyl (C=O) groups is 1. The molecule has 0 unspecified atom stereocenters. The number of ether oxygens (including phenoxy) is 2. The molecule has 5 heteroatoms. The van der Waals surface area contributed by atoms with Crippen LogP contribution in [0.15, 0.2) is 18.2 Å². The summed E-state index contributed by atoms with van der Waals surface area (Å²) in [5.74, 6) is 1.34. The van der Waals surface area contributed by atoms with Crippen LogP contribution in [0.2, 0.25) is 0 Å². The van der Waals surface area contributed by atoms with Gasteiger partial charge in [-0.3, -0.25) is 4.90 Å². The maximum Gasteiger partial charge on any atom is 0.322 e. The maximum absolute atomic E-state index is 11.5. The van der Waals surface area contributed by atoms with Crippen molar-refractivity contribution >= 4 is 11.7 Å². The molecule has 0 spiro atoms. The Hall–Kier alpha value is -1.91. The lowest BCUT2D eigenvalue weighted by Crippen LogP contribution is -2.27. The van der Waals surface area contributed by atoms with Gasteiger partial charge in [-0.2, -0.15) is 0 Å². The summed E-state index contributed by atoms with van der Waals surface area (Å²) in [6.07, 6.45) is 0. The largest absolute Gasteiger partial charge is 0.497 e. The zero-order valence-corrected chi connectivity index (χ0v) is 9.32. The Morgan fingerprint density at radius 2 is 2.12 bits per heavy atom. The standard InChI is InChI=1S/C11H14N2O3/c1-15-8-3-4-9(10(7-8)16-2)13-6-5-12-11(13)14/h3-4,7H,5-6H2,1-2H3,(H,12,14). The van der Waals surface area contributed by atoms with E-state index in [1.807, 2.05) is 12.1 Å². The topological polar surface area (TPSA) is 50.8 Å². The number of amides is 2. The lowest BCUT2D eigenvalue weighted by molar-refractivity contribution is 0.252. The highest BCUT2D eigenvalue weighted by Crippen LogP contribution is 2.32. The summed E-state index contributed by atoms with van der Waals surface area (Å²) in [5, 5.41) is 2.75. The predicted molar refractivity (Wildman–Crippen MR) is 60.3 cm³/mol. The van der Waals surface area contributed by atoms with Gasteiger partial charge in [-0.15, -0.1) is 0 Å². The number of methoxy groups -OCH3 is 2. The molecule has 1 aliphatic heterocycles. The smallest absolute Gasteiger partial charge is 0.322 e. The van der Waals surface area contributed by atoms with Gasteiger partial charge in [-0.1, -0.05) is 0 Å². The van der Waals surface area contributed by atoms with E-state index in [9.17, 15) is 4.79 Å². The molecule has 1 aromatic carbocycles. The molecule has 1 N–H and O–H groups in total. The van der Waals surface area contributed by atoms with Gasteiger partial charge in [-0.25, -0.2) is 4.79 Å². The van der Waals surface area contributed by atoms with Gasteiger partial charge in [0.15, 0.2) is 0 Å². The van der Waals surface area contributed by atoms with Crippen LogP contribution in [-0.4, -0.2) is 33.3 Å². The molecule has 1 fully saturated rings. The van der Waals surface area contributed by atoms with Crippen molar-refractivity contribution in [3.05, 3.63) is 18.2 Å². The first-order chi connectivity index (χ1) is 7.76. The second-order valence-corrected chi connectivity index (χ2v) is 3.42. The van der Waals surface area contributed by atoms with E-state index in [0.717, 1.165) is 5.69 Å². The predicted octanol–water partition coefficient (Wildman–Crippen LogP) is 1.23. The number of nitrogens with zero attached hydrogens (tertiary/aromatic N) is 1. The normalized spacial score (nSPS) is 14.9. The molecule has 1 heterocycles. The first-order valence-corrected chi connectivity index (χ1v) is 5.03. The van der Waals surface area contributed by atoms with Gasteiger partial charge >= 0.3 is 6.03 Å². The Morgan fingerprint density at radius 1 is 1.31 bits per heavy atom. The monoisotopic (exact) mass is 222 g/mol. The summed E-state index contributed by atoms with van der Waals surface area (Å²) in [5.41, 5.74) is 0.762. The molecule has 1 aromatic rings. The van der Waals surface area contributed by atoms with Gasteiger partial charge < -0.3 is 14.8 Å². The van der Waals surface area contributed by atoms with Crippen molar-refractivity contribution in [1.82, 2.24) is 5.32 Å². The quantitative estimate of drug-likeness (QED) is 0.837. The van der Waals surface area contributed by atoms with Gasteiger partial charge in [0.05, 0.1) is 19.9 Å². The van der Waals surface area contributed by atoms with Crippen LogP contribution < -0.4 is 19.7 Å². The lowest BCUT2D eigenvalue weighted by atomic mass is 10.2. The van der Waals surface area contributed by atoms with Crippen LogP contribution >= 0.6 is 0 Å². The van der Waals surface area contributed by atoms with Crippen molar-refractivity contribution in [1.29, 1.82) is 0 Å². The van der Waals surface area contributed by atoms with Gasteiger partial charge in [0, 0.05) is 19.2 Å². The van der Waals surface area contributed by atoms with E-state index < -0.39 is 0 Å². The summed E-state index contributed by atoms with van der Waals surface area (Å²) in [4.78, 5) is 13.2. The van der Waals surface area contributed by atoms with Gasteiger partial charge in [0.2, 0.25) is 0 Å². The Kier molecular flexibility index (Phi) is 2.85. The first-order valence-electron chi connectivity index (χ1n) is 5.03. The minimum absolute atomic E-state index is 0.0940.